The van der Waals surface area contributed by atoms with Gasteiger partial charge in [-0.05, 0) is 49.1 Å². The Labute approximate surface area is 327 Å². The van der Waals surface area contributed by atoms with E-state index in [1.54, 1.807) is 29.3 Å². The fraction of sp³-hybridized carbons (Fsp3) is 0.463. The van der Waals surface area contributed by atoms with Crippen LogP contribution in [-0.4, -0.2) is 113 Å². The normalized spacial score (nSPS) is 14.8. The Morgan fingerprint density at radius 3 is 2.39 bits per heavy atom. The highest BCUT2D eigenvalue weighted by molar-refractivity contribution is 6.13. The van der Waals surface area contributed by atoms with Gasteiger partial charge in [0.05, 0.1) is 43.8 Å². The predicted molar refractivity (Wildman–Crippen MR) is 210 cm³/mol. The molecule has 0 atom stereocenters. The first kappa shape index (κ1) is 41.6. The molecule has 56 heavy (non-hydrogen) atoms. The summed E-state index contributed by atoms with van der Waals surface area (Å²) in [6, 6.07) is 6.96. The topological polar surface area (TPSA) is 194 Å². The number of amides is 5. The average Bonchev–Trinajstić information content (AvgIpc) is 3.40. The number of fused-ring (bicyclic) bond motifs is 2. The third-order valence-electron chi connectivity index (χ3n) is 9.55. The number of carbonyl (C=O) groups is 6. The van der Waals surface area contributed by atoms with Crippen molar-refractivity contribution in [3.63, 3.8) is 0 Å². The van der Waals surface area contributed by atoms with Gasteiger partial charge in [0, 0.05) is 99.6 Å². The van der Waals surface area contributed by atoms with Gasteiger partial charge in [-0.1, -0.05) is 19.9 Å². The number of amidine groups is 1. The Morgan fingerprint density at radius 1 is 0.929 bits per heavy atom. The first-order valence-corrected chi connectivity index (χ1v) is 19.3. The quantitative estimate of drug-likeness (QED) is 0.148. The monoisotopic (exact) mass is 769 g/mol. The van der Waals surface area contributed by atoms with Gasteiger partial charge in [-0.2, -0.15) is 0 Å². The minimum Gasteiger partial charge on any atom is -0.387 e. The summed E-state index contributed by atoms with van der Waals surface area (Å²) in [4.78, 5) is 88.6. The molecule has 1 aromatic carbocycles. The molecule has 15 heteroatoms. The van der Waals surface area contributed by atoms with Crippen LogP contribution in [0.25, 0.3) is 6.08 Å². The Morgan fingerprint density at radius 2 is 1.66 bits per heavy atom. The number of carbonyl (C=O) groups excluding carboxylic acids is 6. The number of ether oxygens (including phenoxy) is 2. The van der Waals surface area contributed by atoms with Crippen LogP contribution in [0.4, 0.5) is 11.4 Å². The summed E-state index contributed by atoms with van der Waals surface area (Å²) in [6.07, 6.45) is 9.50. The van der Waals surface area contributed by atoms with E-state index in [0.29, 0.717) is 99.2 Å². The van der Waals surface area contributed by atoms with E-state index in [4.69, 9.17) is 15.2 Å². The highest BCUT2D eigenvalue weighted by Crippen LogP contribution is 2.29. The lowest BCUT2D eigenvalue weighted by molar-refractivity contribution is -0.137. The zero-order chi connectivity index (χ0) is 40.0. The standard InChI is InChI=1S/C41H51N7O8/c1-3-14-46(15-4-2)41(54)30-22-28-7-8-29(24-35(28)45-36(42)25-30)40(53)44-32-23-31-27-47(16-12-34(31)43-26-32)37(50)13-19-56-21-20-55-18-5-6-33(49)11-17-48-38(51)9-10-39(48)52/h7-10,22-24,26H,3-6,11-21,25,27H2,1-2H3,(H2,42,45)(H,44,53). The number of nitrogens with one attached hydrogen (secondary N) is 1. The van der Waals surface area contributed by atoms with Crippen LogP contribution in [-0.2, 0) is 46.4 Å². The summed E-state index contributed by atoms with van der Waals surface area (Å²) in [5, 5.41) is 2.91. The van der Waals surface area contributed by atoms with Crippen LogP contribution in [0.5, 0.6) is 0 Å². The van der Waals surface area contributed by atoms with Gasteiger partial charge in [-0.25, -0.2) is 4.99 Å². The van der Waals surface area contributed by atoms with Crippen molar-refractivity contribution in [2.45, 2.75) is 71.8 Å². The summed E-state index contributed by atoms with van der Waals surface area (Å²) in [6.45, 7) is 7.63. The maximum absolute atomic E-state index is 13.4. The van der Waals surface area contributed by atoms with E-state index < -0.39 is 11.8 Å². The Balaban J connectivity index is 1.03. The molecule has 4 heterocycles. The highest BCUT2D eigenvalue weighted by atomic mass is 16.5. The predicted octanol–water partition coefficient (Wildman–Crippen LogP) is 3.73. The molecule has 2 aromatic rings. The van der Waals surface area contributed by atoms with Crippen molar-refractivity contribution in [2.75, 3.05) is 57.9 Å². The van der Waals surface area contributed by atoms with E-state index in [0.717, 1.165) is 29.0 Å². The van der Waals surface area contributed by atoms with Gasteiger partial charge in [-0.15, -0.1) is 0 Å². The van der Waals surface area contributed by atoms with Gasteiger partial charge in [0.15, 0.2) is 0 Å². The van der Waals surface area contributed by atoms with E-state index in [2.05, 4.69) is 15.3 Å². The van der Waals surface area contributed by atoms with Crippen LogP contribution < -0.4 is 11.1 Å². The van der Waals surface area contributed by atoms with Gasteiger partial charge in [0.2, 0.25) is 11.8 Å². The number of hydrogen-bond donors (Lipinski definition) is 2. The van der Waals surface area contributed by atoms with E-state index in [1.807, 2.05) is 30.9 Å². The molecule has 0 saturated heterocycles. The fourth-order valence-corrected chi connectivity index (χ4v) is 6.66. The summed E-state index contributed by atoms with van der Waals surface area (Å²) in [5.74, 6) is -0.987. The third kappa shape index (κ3) is 11.5. The molecular formula is C41H51N7O8. The van der Waals surface area contributed by atoms with Gasteiger partial charge >= 0.3 is 0 Å². The zero-order valence-corrected chi connectivity index (χ0v) is 32.2. The van der Waals surface area contributed by atoms with Crippen molar-refractivity contribution in [2.24, 2.45) is 10.7 Å². The molecule has 0 saturated carbocycles. The number of nitrogens with zero attached hydrogens (tertiary/aromatic N) is 5. The molecule has 0 aliphatic carbocycles. The lowest BCUT2D eigenvalue weighted by Gasteiger charge is -2.28. The van der Waals surface area contributed by atoms with Crippen LogP contribution in [0.3, 0.4) is 0 Å². The number of Topliss-reactive ketones (excluding diaryl/α,β-unsaturated/α-hetero) is 1. The number of aromatic nitrogens is 1. The fourth-order valence-electron chi connectivity index (χ4n) is 6.66. The average molecular weight is 770 g/mol. The Kier molecular flexibility index (Phi) is 15.2. The lowest BCUT2D eigenvalue weighted by Crippen LogP contribution is -2.36. The second-order valence-electron chi connectivity index (χ2n) is 13.9. The van der Waals surface area contributed by atoms with E-state index >= 15 is 0 Å². The molecule has 3 N–H and O–H groups in total. The molecule has 3 aliphatic rings. The summed E-state index contributed by atoms with van der Waals surface area (Å²) in [5.41, 5.74) is 10.6. The van der Waals surface area contributed by atoms with Crippen molar-refractivity contribution < 1.29 is 38.2 Å². The maximum Gasteiger partial charge on any atom is 0.255 e. The number of benzene rings is 1. The SMILES string of the molecule is CCCN(CCC)C(=O)C1=Cc2ccc(C(=O)Nc3cnc4c(c3)CN(C(=O)CCOCCOCCCC(=O)CCN3C(=O)C=CC3=O)CC4)cc2N=C(N)C1. The maximum atomic E-state index is 13.4. The minimum absolute atomic E-state index is 0.0416. The first-order valence-electron chi connectivity index (χ1n) is 19.3. The van der Waals surface area contributed by atoms with Crippen molar-refractivity contribution >= 4 is 58.6 Å². The van der Waals surface area contributed by atoms with Crippen molar-refractivity contribution in [3.05, 3.63) is 70.6 Å². The largest absolute Gasteiger partial charge is 0.387 e. The van der Waals surface area contributed by atoms with Crippen LogP contribution >= 0.6 is 0 Å². The number of anilines is 1. The lowest BCUT2D eigenvalue weighted by atomic mass is 10.0. The number of rotatable bonds is 20. The number of ketones is 1. The van der Waals surface area contributed by atoms with Crippen LogP contribution in [0.15, 0.2) is 53.2 Å². The molecule has 5 amide bonds. The third-order valence-corrected chi connectivity index (χ3v) is 9.55. The van der Waals surface area contributed by atoms with Gasteiger partial charge < -0.3 is 30.3 Å². The highest BCUT2D eigenvalue weighted by Gasteiger charge is 2.25. The van der Waals surface area contributed by atoms with Crippen LogP contribution in [0.1, 0.15) is 86.0 Å². The van der Waals surface area contributed by atoms with Crippen molar-refractivity contribution in [1.29, 1.82) is 0 Å². The second kappa shape index (κ2) is 20.4. The summed E-state index contributed by atoms with van der Waals surface area (Å²) >= 11 is 0. The van der Waals surface area contributed by atoms with Crippen molar-refractivity contribution in [1.82, 2.24) is 19.7 Å². The number of nitrogens with two attached hydrogens (primary N) is 1. The van der Waals surface area contributed by atoms with Gasteiger partial charge in [-0.3, -0.25) is 38.7 Å². The number of hydrogen-bond acceptors (Lipinski definition) is 11. The first-order chi connectivity index (χ1) is 27.1. The van der Waals surface area contributed by atoms with Gasteiger partial charge in [0.1, 0.15) is 11.6 Å². The van der Waals surface area contributed by atoms with Crippen molar-refractivity contribution in [3.8, 4) is 0 Å². The van der Waals surface area contributed by atoms with Crippen LogP contribution in [0.2, 0.25) is 0 Å². The molecule has 15 nitrogen and oxygen atoms in total. The Hall–Kier alpha value is -5.54. The second-order valence-corrected chi connectivity index (χ2v) is 13.9. The molecule has 0 bridgehead atoms. The van der Waals surface area contributed by atoms with E-state index in [9.17, 15) is 28.8 Å². The van der Waals surface area contributed by atoms with Crippen LogP contribution in [0, 0.1) is 0 Å². The smallest absolute Gasteiger partial charge is 0.255 e. The summed E-state index contributed by atoms with van der Waals surface area (Å²) < 4.78 is 11.1. The summed E-state index contributed by atoms with van der Waals surface area (Å²) in [7, 11) is 0. The van der Waals surface area contributed by atoms with Gasteiger partial charge in [0.25, 0.3) is 17.7 Å². The van der Waals surface area contributed by atoms with E-state index in [-0.39, 0.29) is 55.9 Å². The molecule has 0 unspecified atom stereocenters. The number of aliphatic imine (C=N–C) groups is 1. The number of imide groups is 1. The molecule has 1 aromatic heterocycles. The minimum atomic E-state index is -0.393. The molecule has 3 aliphatic heterocycles. The molecule has 0 spiro atoms. The molecule has 298 valence electrons. The Bertz CT molecular complexity index is 1880. The molecular weight excluding hydrogens is 718 g/mol. The zero-order valence-electron chi connectivity index (χ0n) is 32.2. The number of pyridine rings is 1. The molecule has 0 radical (unpaired) electrons. The van der Waals surface area contributed by atoms with E-state index in [1.165, 1.54) is 12.2 Å². The molecule has 0 fully saturated rings. The molecule has 5 rings (SSSR count).